The van der Waals surface area contributed by atoms with E-state index in [1.54, 1.807) is 6.08 Å². The van der Waals surface area contributed by atoms with Crippen molar-refractivity contribution in [3.8, 4) is 0 Å². The van der Waals surface area contributed by atoms with Crippen LogP contribution in [-0.2, 0) is 4.79 Å². The van der Waals surface area contributed by atoms with E-state index in [-0.39, 0.29) is 6.61 Å². The molecule has 0 saturated heterocycles. The lowest BCUT2D eigenvalue weighted by atomic mass is 10.0. The van der Waals surface area contributed by atoms with Gasteiger partial charge in [-0.05, 0) is 44.9 Å². The van der Waals surface area contributed by atoms with Gasteiger partial charge < -0.3 is 20.6 Å². The predicted molar refractivity (Wildman–Crippen MR) is 199 cm³/mol. The fourth-order valence-corrected chi connectivity index (χ4v) is 6.06. The molecule has 0 heterocycles. The van der Waals surface area contributed by atoms with Crippen LogP contribution in [-0.4, -0.2) is 46.1 Å². The Hall–Kier alpha value is -1.17. The van der Waals surface area contributed by atoms with E-state index in [9.17, 15) is 20.1 Å². The molecule has 0 bridgehead atoms. The van der Waals surface area contributed by atoms with E-state index in [4.69, 9.17) is 0 Å². The summed E-state index contributed by atoms with van der Waals surface area (Å²) in [5.74, 6) is -0.509. The second-order valence-corrected chi connectivity index (χ2v) is 13.8. The van der Waals surface area contributed by atoms with E-state index in [0.717, 1.165) is 32.1 Å². The van der Waals surface area contributed by atoms with Crippen LogP contribution in [0, 0.1) is 0 Å². The van der Waals surface area contributed by atoms with E-state index in [1.165, 1.54) is 154 Å². The molecule has 5 nitrogen and oxygen atoms in total. The zero-order chi connectivity index (χ0) is 33.8. The number of hydrogen-bond donors (Lipinski definition) is 4. The lowest BCUT2D eigenvalue weighted by Gasteiger charge is -2.21. The molecule has 1 amide bonds. The van der Waals surface area contributed by atoms with E-state index in [2.05, 4.69) is 31.3 Å². The molecule has 0 saturated carbocycles. The fourth-order valence-electron chi connectivity index (χ4n) is 6.06. The summed E-state index contributed by atoms with van der Waals surface area (Å²) >= 11 is 0. The lowest BCUT2D eigenvalue weighted by molar-refractivity contribution is -0.131. The Labute approximate surface area is 286 Å². The van der Waals surface area contributed by atoms with Crippen LogP contribution in [0.4, 0.5) is 0 Å². The number of aliphatic hydroxyl groups excluding tert-OH is 3. The first-order valence-corrected chi connectivity index (χ1v) is 20.2. The second-order valence-electron chi connectivity index (χ2n) is 13.8. The fraction of sp³-hybridized carbons (Fsp3) is 0.878. The summed E-state index contributed by atoms with van der Waals surface area (Å²) in [6.45, 7) is 4.16. The van der Waals surface area contributed by atoms with Gasteiger partial charge in [-0.3, -0.25) is 4.79 Å². The van der Waals surface area contributed by atoms with Crippen molar-refractivity contribution < 1.29 is 20.1 Å². The third-order valence-electron chi connectivity index (χ3n) is 9.29. The highest BCUT2D eigenvalue weighted by Gasteiger charge is 2.22. The first-order chi connectivity index (χ1) is 22.6. The number of amides is 1. The molecule has 3 unspecified atom stereocenters. The normalized spacial score (nSPS) is 13.9. The Morgan fingerprint density at radius 2 is 0.870 bits per heavy atom. The zero-order valence-electron chi connectivity index (χ0n) is 30.7. The number of rotatable bonds is 36. The van der Waals surface area contributed by atoms with Crippen molar-refractivity contribution in [2.75, 3.05) is 6.61 Å². The number of aliphatic hydroxyl groups is 3. The van der Waals surface area contributed by atoms with E-state index in [0.29, 0.717) is 6.42 Å². The summed E-state index contributed by atoms with van der Waals surface area (Å²) in [5.41, 5.74) is 0. The van der Waals surface area contributed by atoms with Crippen molar-refractivity contribution in [3.05, 3.63) is 24.3 Å². The Kier molecular flexibility index (Phi) is 35.7. The van der Waals surface area contributed by atoms with Gasteiger partial charge in [-0.1, -0.05) is 186 Å². The van der Waals surface area contributed by atoms with Crippen LogP contribution < -0.4 is 5.32 Å². The van der Waals surface area contributed by atoms with Crippen LogP contribution in [0.2, 0.25) is 0 Å². The van der Waals surface area contributed by atoms with Gasteiger partial charge in [-0.2, -0.15) is 0 Å². The first-order valence-electron chi connectivity index (χ1n) is 20.2. The van der Waals surface area contributed by atoms with E-state index < -0.39 is 24.2 Å². The number of unbranched alkanes of at least 4 members (excludes halogenated alkanes) is 26. The van der Waals surface area contributed by atoms with E-state index in [1.807, 2.05) is 6.08 Å². The van der Waals surface area contributed by atoms with E-state index >= 15 is 0 Å². The van der Waals surface area contributed by atoms with Crippen molar-refractivity contribution in [1.82, 2.24) is 5.32 Å². The van der Waals surface area contributed by atoms with Gasteiger partial charge in [0.25, 0.3) is 0 Å². The predicted octanol–water partition coefficient (Wildman–Crippen LogP) is 11.0. The van der Waals surface area contributed by atoms with Crippen LogP contribution in [0.5, 0.6) is 0 Å². The summed E-state index contributed by atoms with van der Waals surface area (Å²) < 4.78 is 0. The molecule has 0 aliphatic heterocycles. The van der Waals surface area contributed by atoms with Crippen LogP contribution in [0.1, 0.15) is 206 Å². The number of nitrogens with one attached hydrogen (secondary N) is 1. The molecule has 0 fully saturated rings. The lowest BCUT2D eigenvalue weighted by Crippen LogP contribution is -2.48. The molecule has 0 rings (SSSR count). The average Bonchev–Trinajstić information content (AvgIpc) is 3.06. The third kappa shape index (κ3) is 31.4. The highest BCUT2D eigenvalue weighted by molar-refractivity contribution is 5.80. The SMILES string of the molecule is CCCCCC/C=C\CCCCCCCCC(O)C(=O)NC(CO)C(O)/C=C/CCCCCCCCCCCCCCCCCC. The molecule has 272 valence electrons. The molecule has 0 aromatic carbocycles. The van der Waals surface area contributed by atoms with Gasteiger partial charge in [-0.15, -0.1) is 0 Å². The molecular weight excluding hydrogens is 570 g/mol. The maximum atomic E-state index is 12.4. The highest BCUT2D eigenvalue weighted by Crippen LogP contribution is 2.15. The smallest absolute Gasteiger partial charge is 0.249 e. The minimum absolute atomic E-state index is 0.364. The second kappa shape index (κ2) is 36.7. The number of carbonyl (C=O) groups excluding carboxylic acids is 1. The van der Waals surface area contributed by atoms with Crippen LogP contribution in [0.15, 0.2) is 24.3 Å². The van der Waals surface area contributed by atoms with Crippen molar-refractivity contribution in [1.29, 1.82) is 0 Å². The Morgan fingerprint density at radius 1 is 0.522 bits per heavy atom. The Bertz CT molecular complexity index is 679. The zero-order valence-corrected chi connectivity index (χ0v) is 30.7. The average molecular weight is 650 g/mol. The maximum Gasteiger partial charge on any atom is 0.249 e. The molecule has 4 N–H and O–H groups in total. The minimum Gasteiger partial charge on any atom is -0.394 e. The quantitative estimate of drug-likeness (QED) is 0.0401. The Balaban J connectivity index is 3.71. The molecule has 0 radical (unpaired) electrons. The van der Waals surface area contributed by atoms with Gasteiger partial charge in [-0.25, -0.2) is 0 Å². The van der Waals surface area contributed by atoms with Crippen molar-refractivity contribution in [3.63, 3.8) is 0 Å². The molecule has 0 aromatic heterocycles. The molecule has 0 aliphatic rings. The van der Waals surface area contributed by atoms with Crippen LogP contribution >= 0.6 is 0 Å². The number of allylic oxidation sites excluding steroid dienone is 3. The van der Waals surface area contributed by atoms with Gasteiger partial charge in [0.15, 0.2) is 0 Å². The summed E-state index contributed by atoms with van der Waals surface area (Å²) in [6.07, 6.45) is 43.4. The Morgan fingerprint density at radius 3 is 1.28 bits per heavy atom. The first kappa shape index (κ1) is 44.8. The standard InChI is InChI=1S/C41H79NO4/c1-3-5-7-9-11-13-15-17-19-20-21-22-24-25-27-29-31-33-35-39(44)38(37-43)42-41(46)40(45)36-34-32-30-28-26-23-18-16-14-12-10-8-6-4-2/h14,16,33,35,38-40,43-45H,3-13,15,17-32,34,36-37H2,1-2H3,(H,42,46)/b16-14-,35-33+. The number of carbonyl (C=O) groups is 1. The molecular formula is C41H79NO4. The van der Waals surface area contributed by atoms with Crippen molar-refractivity contribution in [2.45, 2.75) is 225 Å². The van der Waals surface area contributed by atoms with Crippen LogP contribution in [0.3, 0.4) is 0 Å². The summed E-state index contributed by atoms with van der Waals surface area (Å²) in [7, 11) is 0. The molecule has 0 spiro atoms. The molecule has 0 aliphatic carbocycles. The number of hydrogen-bond acceptors (Lipinski definition) is 4. The summed E-state index contributed by atoms with van der Waals surface area (Å²) in [5, 5.41) is 33.0. The van der Waals surface area contributed by atoms with Gasteiger partial charge in [0.1, 0.15) is 6.10 Å². The minimum atomic E-state index is -1.10. The largest absolute Gasteiger partial charge is 0.394 e. The summed E-state index contributed by atoms with van der Waals surface area (Å²) in [4.78, 5) is 12.4. The van der Waals surface area contributed by atoms with Crippen molar-refractivity contribution in [2.24, 2.45) is 0 Å². The van der Waals surface area contributed by atoms with Gasteiger partial charge >= 0.3 is 0 Å². The molecule has 0 aromatic rings. The third-order valence-corrected chi connectivity index (χ3v) is 9.29. The maximum absolute atomic E-state index is 12.4. The molecule has 5 heteroatoms. The topological polar surface area (TPSA) is 89.8 Å². The van der Waals surface area contributed by atoms with Gasteiger partial charge in [0.05, 0.1) is 18.8 Å². The van der Waals surface area contributed by atoms with Crippen LogP contribution in [0.25, 0.3) is 0 Å². The van der Waals surface area contributed by atoms with Gasteiger partial charge in [0, 0.05) is 0 Å². The summed E-state index contributed by atoms with van der Waals surface area (Å²) in [6, 6.07) is -0.797. The molecule has 46 heavy (non-hydrogen) atoms. The monoisotopic (exact) mass is 650 g/mol. The van der Waals surface area contributed by atoms with Crippen molar-refractivity contribution >= 4 is 5.91 Å². The van der Waals surface area contributed by atoms with Gasteiger partial charge in [0.2, 0.25) is 5.91 Å². The molecule has 3 atom stereocenters. The highest BCUT2D eigenvalue weighted by atomic mass is 16.3.